The normalized spacial score (nSPS) is 14.6. The minimum Gasteiger partial charge on any atom is -0.491 e. The van der Waals surface area contributed by atoms with Gasteiger partial charge in [0, 0.05) is 6.42 Å². The zero-order chi connectivity index (χ0) is 13.1. The Kier molecular flexibility index (Phi) is 4.19. The molecule has 1 aromatic rings. The number of hydrogen-bond acceptors (Lipinski definition) is 3. The predicted octanol–water partition coefficient (Wildman–Crippen LogP) is 2.80. The summed E-state index contributed by atoms with van der Waals surface area (Å²) >= 11 is 5.93. The van der Waals surface area contributed by atoms with Crippen molar-refractivity contribution in [1.82, 2.24) is 0 Å². The molecule has 2 rings (SSSR count). The molecule has 0 unspecified atom stereocenters. The van der Waals surface area contributed by atoms with E-state index < -0.39 is 5.82 Å². The number of hydrogen-bond donors (Lipinski definition) is 1. The molecule has 3 nitrogen and oxygen atoms in total. The van der Waals surface area contributed by atoms with E-state index in [-0.39, 0.29) is 35.1 Å². The van der Waals surface area contributed by atoms with Crippen molar-refractivity contribution in [3.63, 3.8) is 0 Å². The SMILES string of the molecule is NCCC(=O)c1cc(F)cc(Cl)c1OCC1CC1. The number of carbonyl (C=O) groups excluding carboxylic acids is 1. The molecule has 5 heteroatoms. The van der Waals surface area contributed by atoms with E-state index in [2.05, 4.69) is 0 Å². The molecule has 18 heavy (non-hydrogen) atoms. The van der Waals surface area contributed by atoms with E-state index in [1.807, 2.05) is 0 Å². The highest BCUT2D eigenvalue weighted by molar-refractivity contribution is 6.32. The van der Waals surface area contributed by atoms with Crippen LogP contribution in [0.5, 0.6) is 5.75 Å². The van der Waals surface area contributed by atoms with Gasteiger partial charge in [-0.3, -0.25) is 4.79 Å². The Morgan fingerprint density at radius 3 is 2.83 bits per heavy atom. The van der Waals surface area contributed by atoms with Crippen molar-refractivity contribution < 1.29 is 13.9 Å². The maximum Gasteiger partial charge on any atom is 0.168 e. The van der Waals surface area contributed by atoms with Gasteiger partial charge in [-0.1, -0.05) is 11.6 Å². The van der Waals surface area contributed by atoms with E-state index in [9.17, 15) is 9.18 Å². The smallest absolute Gasteiger partial charge is 0.168 e. The van der Waals surface area contributed by atoms with Crippen molar-refractivity contribution in [2.75, 3.05) is 13.2 Å². The molecule has 1 fully saturated rings. The van der Waals surface area contributed by atoms with Crippen molar-refractivity contribution >= 4 is 17.4 Å². The fourth-order valence-electron chi connectivity index (χ4n) is 1.67. The quantitative estimate of drug-likeness (QED) is 0.810. The van der Waals surface area contributed by atoms with Gasteiger partial charge in [-0.2, -0.15) is 0 Å². The van der Waals surface area contributed by atoms with E-state index in [4.69, 9.17) is 22.1 Å². The Labute approximate surface area is 110 Å². The van der Waals surface area contributed by atoms with Crippen molar-refractivity contribution in [2.24, 2.45) is 11.7 Å². The Balaban J connectivity index is 2.24. The van der Waals surface area contributed by atoms with E-state index in [1.165, 1.54) is 0 Å². The molecule has 1 aliphatic rings. The largest absolute Gasteiger partial charge is 0.491 e. The van der Waals surface area contributed by atoms with Crippen LogP contribution in [0.1, 0.15) is 29.6 Å². The summed E-state index contributed by atoms with van der Waals surface area (Å²) in [5, 5.41) is 0.135. The van der Waals surface area contributed by atoms with Gasteiger partial charge >= 0.3 is 0 Å². The maximum atomic E-state index is 13.3. The lowest BCUT2D eigenvalue weighted by molar-refractivity contribution is 0.0980. The van der Waals surface area contributed by atoms with Crippen LogP contribution in [0.3, 0.4) is 0 Å². The second-order valence-electron chi connectivity index (χ2n) is 4.48. The van der Waals surface area contributed by atoms with Crippen LogP contribution in [0.2, 0.25) is 5.02 Å². The Bertz CT molecular complexity index is 461. The number of ketones is 1. The van der Waals surface area contributed by atoms with E-state index in [1.54, 1.807) is 0 Å². The van der Waals surface area contributed by atoms with Crippen LogP contribution in [-0.4, -0.2) is 18.9 Å². The summed E-state index contributed by atoms with van der Waals surface area (Å²) in [7, 11) is 0. The molecular weight excluding hydrogens is 257 g/mol. The first kappa shape index (κ1) is 13.3. The lowest BCUT2D eigenvalue weighted by atomic mass is 10.1. The minimum atomic E-state index is -0.542. The minimum absolute atomic E-state index is 0.135. The number of nitrogens with two attached hydrogens (primary N) is 1. The van der Waals surface area contributed by atoms with Crippen molar-refractivity contribution in [3.05, 3.63) is 28.5 Å². The van der Waals surface area contributed by atoms with Gasteiger partial charge in [-0.05, 0) is 37.4 Å². The van der Waals surface area contributed by atoms with Gasteiger partial charge in [0.1, 0.15) is 11.6 Å². The number of halogens is 2. The molecule has 1 saturated carbocycles. The topological polar surface area (TPSA) is 52.3 Å². The summed E-state index contributed by atoms with van der Waals surface area (Å²) in [5.41, 5.74) is 5.52. The highest BCUT2D eigenvalue weighted by Gasteiger charge is 2.24. The monoisotopic (exact) mass is 271 g/mol. The van der Waals surface area contributed by atoms with E-state index in [0.29, 0.717) is 12.5 Å². The molecule has 0 spiro atoms. The van der Waals surface area contributed by atoms with Gasteiger partial charge in [-0.15, -0.1) is 0 Å². The van der Waals surface area contributed by atoms with Crippen LogP contribution in [-0.2, 0) is 0 Å². The molecule has 98 valence electrons. The maximum absolute atomic E-state index is 13.3. The van der Waals surface area contributed by atoms with Crippen LogP contribution in [0.4, 0.5) is 4.39 Å². The number of carbonyl (C=O) groups is 1. The fraction of sp³-hybridized carbons (Fsp3) is 0.462. The summed E-state index contributed by atoms with van der Waals surface area (Å²) in [6.45, 7) is 0.739. The Hall–Kier alpha value is -1.13. The van der Waals surface area contributed by atoms with Crippen LogP contribution in [0.15, 0.2) is 12.1 Å². The van der Waals surface area contributed by atoms with Gasteiger partial charge in [-0.25, -0.2) is 4.39 Å². The third-order valence-electron chi connectivity index (χ3n) is 2.84. The van der Waals surface area contributed by atoms with Crippen molar-refractivity contribution in [2.45, 2.75) is 19.3 Å². The van der Waals surface area contributed by atoms with Gasteiger partial charge in [0.15, 0.2) is 5.78 Å². The molecule has 0 atom stereocenters. The molecule has 0 heterocycles. The van der Waals surface area contributed by atoms with E-state index >= 15 is 0 Å². The number of benzene rings is 1. The van der Waals surface area contributed by atoms with Gasteiger partial charge in [0.25, 0.3) is 0 Å². The Morgan fingerprint density at radius 1 is 1.50 bits per heavy atom. The average molecular weight is 272 g/mol. The lowest BCUT2D eigenvalue weighted by Gasteiger charge is -2.12. The zero-order valence-electron chi connectivity index (χ0n) is 9.92. The third kappa shape index (κ3) is 3.21. The molecule has 2 N–H and O–H groups in total. The summed E-state index contributed by atoms with van der Waals surface area (Å²) in [5.74, 6) is 0.0239. The molecule has 1 aliphatic carbocycles. The summed E-state index contributed by atoms with van der Waals surface area (Å²) < 4.78 is 18.9. The highest BCUT2D eigenvalue weighted by Crippen LogP contribution is 2.34. The third-order valence-corrected chi connectivity index (χ3v) is 3.12. The highest BCUT2D eigenvalue weighted by atomic mass is 35.5. The van der Waals surface area contributed by atoms with Crippen LogP contribution >= 0.6 is 11.6 Å². The number of ether oxygens (including phenoxy) is 1. The number of rotatable bonds is 6. The first-order chi connectivity index (χ1) is 8.61. The van der Waals surface area contributed by atoms with E-state index in [0.717, 1.165) is 25.0 Å². The van der Waals surface area contributed by atoms with Gasteiger partial charge in [0.2, 0.25) is 0 Å². The molecule has 0 amide bonds. The van der Waals surface area contributed by atoms with Crippen molar-refractivity contribution in [3.8, 4) is 5.75 Å². The Morgan fingerprint density at radius 2 is 2.22 bits per heavy atom. The second kappa shape index (κ2) is 5.67. The first-order valence-electron chi connectivity index (χ1n) is 5.97. The number of Topliss-reactive ketones (excluding diaryl/α,β-unsaturated/α-hetero) is 1. The van der Waals surface area contributed by atoms with Gasteiger partial charge < -0.3 is 10.5 Å². The van der Waals surface area contributed by atoms with Gasteiger partial charge in [0.05, 0.1) is 17.2 Å². The molecule has 0 saturated heterocycles. The summed E-state index contributed by atoms with van der Waals surface area (Å²) in [6, 6.07) is 2.31. The average Bonchev–Trinajstić information content (AvgIpc) is 3.11. The summed E-state index contributed by atoms with van der Waals surface area (Å²) in [6.07, 6.45) is 2.41. The van der Waals surface area contributed by atoms with Crippen LogP contribution in [0.25, 0.3) is 0 Å². The molecule has 0 aromatic heterocycles. The van der Waals surface area contributed by atoms with Crippen molar-refractivity contribution in [1.29, 1.82) is 0 Å². The molecule has 0 radical (unpaired) electrons. The standard InChI is InChI=1S/C13H15ClFNO2/c14-11-6-9(15)5-10(12(17)3-4-16)13(11)18-7-8-1-2-8/h5-6,8H,1-4,7,16H2. The summed E-state index contributed by atoms with van der Waals surface area (Å²) in [4.78, 5) is 11.8. The fourth-order valence-corrected chi connectivity index (χ4v) is 1.93. The van der Waals surface area contributed by atoms with Crippen LogP contribution < -0.4 is 10.5 Å². The molecule has 0 aliphatic heterocycles. The molecular formula is C13H15ClFNO2. The second-order valence-corrected chi connectivity index (χ2v) is 4.89. The predicted molar refractivity (Wildman–Crippen MR) is 67.6 cm³/mol. The lowest BCUT2D eigenvalue weighted by Crippen LogP contribution is -2.11. The van der Waals surface area contributed by atoms with Crippen LogP contribution in [0, 0.1) is 11.7 Å². The zero-order valence-corrected chi connectivity index (χ0v) is 10.7. The molecule has 0 bridgehead atoms. The molecule has 1 aromatic carbocycles. The first-order valence-corrected chi connectivity index (χ1v) is 6.34.